The van der Waals surface area contributed by atoms with Gasteiger partial charge in [0.05, 0.1) is 106 Å². The summed E-state index contributed by atoms with van der Waals surface area (Å²) in [6, 6.07) is 34.1. The Hall–Kier alpha value is -6.96. The topological polar surface area (TPSA) is 111 Å². The first-order valence-corrected chi connectivity index (χ1v) is 35.0. The molecule has 0 fully saturated rings. The smallest absolute Gasteiger partial charge is 0.125 e. The van der Waals surface area contributed by atoms with E-state index in [1.807, 2.05) is 0 Å². The van der Waals surface area contributed by atoms with Gasteiger partial charge in [0.25, 0.3) is 0 Å². The first-order chi connectivity index (χ1) is 45.4. The lowest BCUT2D eigenvalue weighted by Crippen LogP contribution is -2.08. The lowest BCUT2D eigenvalue weighted by Gasteiger charge is -2.22. The first-order valence-electron chi connectivity index (χ1n) is 35.0. The fourth-order valence-electron chi connectivity index (χ4n) is 11.9. The summed E-state index contributed by atoms with van der Waals surface area (Å²) in [4.78, 5) is 0. The van der Waals surface area contributed by atoms with Crippen LogP contribution in [-0.2, 0) is 71.8 Å². The number of hydrogen-bond donors (Lipinski definition) is 0. The van der Waals surface area contributed by atoms with Crippen LogP contribution in [0.3, 0.4) is 0 Å². The highest BCUT2D eigenvalue weighted by Crippen LogP contribution is 2.43. The molecule has 1 aliphatic rings. The van der Waals surface area contributed by atoms with Crippen LogP contribution in [0.1, 0.15) is 203 Å². The quantitative estimate of drug-likeness (QED) is 0.0374. The fourth-order valence-corrected chi connectivity index (χ4v) is 11.9. The van der Waals surface area contributed by atoms with E-state index in [9.17, 15) is 0 Å². The Balaban J connectivity index is 1.23. The summed E-state index contributed by atoms with van der Waals surface area (Å²) in [7, 11) is 0. The lowest BCUT2D eigenvalue weighted by atomic mass is 9.97. The highest BCUT2D eigenvalue weighted by molar-refractivity contribution is 5.95. The van der Waals surface area contributed by atoms with Crippen molar-refractivity contribution in [3.63, 3.8) is 0 Å². The van der Waals surface area contributed by atoms with Crippen LogP contribution in [0.5, 0.6) is 46.0 Å². The van der Waals surface area contributed by atoms with Crippen molar-refractivity contribution in [1.82, 2.24) is 0 Å². The summed E-state index contributed by atoms with van der Waals surface area (Å²) < 4.78 is 81.6. The van der Waals surface area contributed by atoms with Gasteiger partial charge in [-0.3, -0.25) is 0 Å². The van der Waals surface area contributed by atoms with Crippen LogP contribution in [0, 0.1) is 0 Å². The van der Waals surface area contributed by atoms with E-state index in [0.717, 1.165) is 236 Å². The van der Waals surface area contributed by atoms with Gasteiger partial charge in [0.15, 0.2) is 0 Å². The molecule has 0 amide bonds. The van der Waals surface area contributed by atoms with Gasteiger partial charge in [-0.2, -0.15) is 0 Å². The average molecular weight is 1260 g/mol. The molecule has 0 unspecified atom stereocenters. The number of hydrogen-bond acceptors (Lipinski definition) is 12. The van der Waals surface area contributed by atoms with Gasteiger partial charge >= 0.3 is 0 Å². The van der Waals surface area contributed by atoms with Crippen LogP contribution in [0.15, 0.2) is 97.1 Å². The van der Waals surface area contributed by atoms with Crippen LogP contribution >= 0.6 is 0 Å². The van der Waals surface area contributed by atoms with E-state index in [1.54, 1.807) is 0 Å². The zero-order valence-electron chi connectivity index (χ0n) is 56.8. The SMILES string of the molecule is CCCCOc1ccc2c3c(OCCCC)ccc2c1COCc1c(OCCCC)ccc2c(c(OCCCC)ccc12)COCc1c(OCCCC)ccc2c(c(OCCCC)ccc12)COCc1c(OCCCC)ccc2c(c(OCCCC)ccc12)COC3. The van der Waals surface area contributed by atoms with E-state index >= 15 is 0 Å². The summed E-state index contributed by atoms with van der Waals surface area (Å²) in [5.74, 6) is 6.39. The molecule has 92 heavy (non-hydrogen) atoms. The number of unbranched alkanes of at least 4 members (excludes halogenated alkanes) is 8. The summed E-state index contributed by atoms with van der Waals surface area (Å²) in [5.41, 5.74) is 7.73. The molecule has 0 saturated carbocycles. The summed E-state index contributed by atoms with van der Waals surface area (Å²) >= 11 is 0. The van der Waals surface area contributed by atoms with E-state index in [2.05, 4.69) is 152 Å². The van der Waals surface area contributed by atoms with Crippen LogP contribution in [0.2, 0.25) is 0 Å². The first kappa shape index (κ1) is 69.4. The Labute approximate surface area is 548 Å². The molecule has 1 heterocycles. The maximum absolute atomic E-state index is 7.05. The second kappa shape index (κ2) is 37.1. The van der Waals surface area contributed by atoms with Gasteiger partial charge in [-0.05, 0) is 143 Å². The number of ether oxygens (including phenoxy) is 12. The van der Waals surface area contributed by atoms with Crippen LogP contribution in [0.25, 0.3) is 43.1 Å². The molecule has 1 aliphatic heterocycles. The third-order valence-corrected chi connectivity index (χ3v) is 17.4. The highest BCUT2D eigenvalue weighted by Gasteiger charge is 2.24. The monoisotopic (exact) mass is 1260 g/mol. The van der Waals surface area contributed by atoms with Crippen molar-refractivity contribution >= 4 is 43.1 Å². The van der Waals surface area contributed by atoms with E-state index < -0.39 is 0 Å². The predicted octanol–water partition coefficient (Wildman–Crippen LogP) is 20.9. The lowest BCUT2D eigenvalue weighted by molar-refractivity contribution is 0.102. The van der Waals surface area contributed by atoms with Crippen molar-refractivity contribution < 1.29 is 56.8 Å². The van der Waals surface area contributed by atoms with Crippen LogP contribution in [-0.4, -0.2) is 52.9 Å². The Morgan fingerprint density at radius 2 is 0.315 bits per heavy atom. The minimum Gasteiger partial charge on any atom is -0.493 e. The molecule has 0 aromatic heterocycles. The molecule has 0 aliphatic carbocycles. The zero-order valence-corrected chi connectivity index (χ0v) is 56.8. The van der Waals surface area contributed by atoms with Crippen molar-refractivity contribution in [1.29, 1.82) is 0 Å². The van der Waals surface area contributed by atoms with Crippen molar-refractivity contribution in [3.8, 4) is 46.0 Å². The number of rotatable bonds is 32. The summed E-state index contributed by atoms with van der Waals surface area (Å²) in [5, 5.41) is 8.18. The maximum atomic E-state index is 7.05. The van der Waals surface area contributed by atoms with Gasteiger partial charge < -0.3 is 56.8 Å². The maximum Gasteiger partial charge on any atom is 0.125 e. The minimum absolute atomic E-state index is 0.278. The van der Waals surface area contributed by atoms with Crippen molar-refractivity contribution in [2.45, 2.75) is 211 Å². The van der Waals surface area contributed by atoms with E-state index in [0.29, 0.717) is 52.9 Å². The molecule has 8 aromatic carbocycles. The second-order valence-electron chi connectivity index (χ2n) is 24.3. The Morgan fingerprint density at radius 1 is 0.196 bits per heavy atom. The van der Waals surface area contributed by atoms with Crippen LogP contribution in [0.4, 0.5) is 0 Å². The molecular weight excluding hydrogens is 1150 g/mol. The third kappa shape index (κ3) is 17.8. The van der Waals surface area contributed by atoms with Gasteiger partial charge in [-0.25, -0.2) is 0 Å². The van der Waals surface area contributed by atoms with Gasteiger partial charge in [0.2, 0.25) is 0 Å². The van der Waals surface area contributed by atoms with Gasteiger partial charge in [0, 0.05) is 44.5 Å². The molecule has 12 heteroatoms. The average Bonchev–Trinajstić information content (AvgIpc) is 0.826. The summed E-state index contributed by atoms with van der Waals surface area (Å²) in [6.07, 6.45) is 15.5. The highest BCUT2D eigenvalue weighted by atomic mass is 16.5. The molecule has 0 saturated heterocycles. The van der Waals surface area contributed by atoms with Crippen molar-refractivity contribution in [2.24, 2.45) is 0 Å². The molecule has 0 radical (unpaired) electrons. The standard InChI is InChI=1S/C80H104O12/c1-9-17-41-85-73-33-25-58-57-26-34-74(86-42-18-10-2)66(58)51-82-52-68-61-29-38-78(90-46-22-14-6)70(62(61)30-37-77(68)89-45-21-13-5)55-84-56-72-64-32-39-79(91-47-23-15-7)71(63(64)31-40-80(72)92-48-24-16-8)54-83-53-69-60-28-35-75(87-43-19-11-3)67(50-81-49-65(57)73)59(60)27-36-76(69)88-44-20-12-4/h25-40H,9-24,41-56H2,1-8H3. The van der Waals surface area contributed by atoms with Crippen molar-refractivity contribution in [2.75, 3.05) is 52.9 Å². The molecule has 9 rings (SSSR count). The molecular formula is C80H104O12. The molecule has 0 N–H and O–H groups in total. The Morgan fingerprint density at radius 3 is 0.424 bits per heavy atom. The van der Waals surface area contributed by atoms with Gasteiger partial charge in [0.1, 0.15) is 46.0 Å². The minimum atomic E-state index is 0.278. The fraction of sp³-hybridized carbons (Fsp3) is 0.500. The van der Waals surface area contributed by atoms with E-state index in [-0.39, 0.29) is 52.9 Å². The third-order valence-electron chi connectivity index (χ3n) is 17.4. The predicted molar refractivity (Wildman–Crippen MR) is 373 cm³/mol. The van der Waals surface area contributed by atoms with E-state index in [1.165, 1.54) is 0 Å². The van der Waals surface area contributed by atoms with Crippen molar-refractivity contribution in [3.05, 3.63) is 142 Å². The van der Waals surface area contributed by atoms with E-state index in [4.69, 9.17) is 56.8 Å². The van der Waals surface area contributed by atoms with Crippen LogP contribution < -0.4 is 37.9 Å². The van der Waals surface area contributed by atoms with Gasteiger partial charge in [-0.15, -0.1) is 0 Å². The Bertz CT molecular complexity index is 2890. The Kier molecular flexibility index (Phi) is 28.0. The molecule has 8 aromatic rings. The normalized spacial score (nSPS) is 13.3. The number of benzene rings is 8. The molecule has 0 atom stereocenters. The zero-order chi connectivity index (χ0) is 64.3. The molecule has 496 valence electrons. The molecule has 0 spiro atoms. The summed E-state index contributed by atoms with van der Waals surface area (Å²) in [6.45, 7) is 24.5. The largest absolute Gasteiger partial charge is 0.493 e. The van der Waals surface area contributed by atoms with Gasteiger partial charge in [-0.1, -0.05) is 155 Å². The second-order valence-corrected chi connectivity index (χ2v) is 24.3. The molecule has 16 bridgehead atoms. The molecule has 12 nitrogen and oxygen atoms in total.